The minimum absolute atomic E-state index is 0. The number of benzene rings is 2. The zero-order valence-electron chi connectivity index (χ0n) is 19.2. The fourth-order valence-electron chi connectivity index (χ4n) is 4.01. The summed E-state index contributed by atoms with van der Waals surface area (Å²) >= 11 is 0. The predicted octanol–water partition coefficient (Wildman–Crippen LogP) is 3.67. The molecule has 1 heterocycles. The van der Waals surface area contributed by atoms with Crippen LogP contribution in [0.4, 0.5) is 0 Å². The first-order chi connectivity index (χ1) is 15.1. The Bertz CT molecular complexity index is 875. The van der Waals surface area contributed by atoms with E-state index >= 15 is 0 Å². The van der Waals surface area contributed by atoms with Crippen molar-refractivity contribution < 1.29 is 9.53 Å². The minimum atomic E-state index is 0. The molecule has 2 N–H and O–H groups in total. The third kappa shape index (κ3) is 7.39. The number of guanidine groups is 1. The smallest absolute Gasteiger partial charge is 0.223 e. The Morgan fingerprint density at radius 3 is 2.59 bits per heavy atom. The van der Waals surface area contributed by atoms with Crippen molar-refractivity contribution in [3.8, 4) is 5.75 Å². The second-order valence-corrected chi connectivity index (χ2v) is 8.12. The zero-order valence-corrected chi connectivity index (χ0v) is 21.5. The second kappa shape index (κ2) is 13.3. The molecule has 6 nitrogen and oxygen atoms in total. The number of methoxy groups -OCH3 is 1. The molecule has 1 aliphatic rings. The molecule has 3 rings (SSSR count). The fourth-order valence-corrected chi connectivity index (χ4v) is 4.01. The molecule has 0 radical (unpaired) electrons. The maximum Gasteiger partial charge on any atom is 0.223 e. The Morgan fingerprint density at radius 1 is 1.16 bits per heavy atom. The van der Waals surface area contributed by atoms with E-state index in [-0.39, 0.29) is 35.8 Å². The van der Waals surface area contributed by atoms with Gasteiger partial charge < -0.3 is 20.3 Å². The summed E-state index contributed by atoms with van der Waals surface area (Å²) in [6, 6.07) is 18.4. The Balaban J connectivity index is 0.00000363. The molecular weight excluding hydrogens is 515 g/mol. The van der Waals surface area contributed by atoms with Gasteiger partial charge in [0.1, 0.15) is 5.75 Å². The first-order valence-electron chi connectivity index (χ1n) is 11.0. The van der Waals surface area contributed by atoms with Gasteiger partial charge in [0.2, 0.25) is 5.91 Å². The van der Waals surface area contributed by atoms with Crippen molar-refractivity contribution in [1.29, 1.82) is 0 Å². The number of carbonyl (C=O) groups is 1. The lowest BCUT2D eigenvalue weighted by Gasteiger charge is -2.20. The maximum absolute atomic E-state index is 12.4. The molecule has 0 spiro atoms. The van der Waals surface area contributed by atoms with Crippen LogP contribution in [-0.2, 0) is 11.2 Å². The average molecular weight is 550 g/mol. The van der Waals surface area contributed by atoms with Crippen LogP contribution in [0.1, 0.15) is 30.4 Å². The molecule has 1 aliphatic heterocycles. The summed E-state index contributed by atoms with van der Waals surface area (Å²) in [5.41, 5.74) is 2.44. The first-order valence-corrected chi connectivity index (χ1v) is 11.0. The van der Waals surface area contributed by atoms with Crippen LogP contribution in [0.2, 0.25) is 0 Å². The number of likely N-dealkylation sites (tertiary alicyclic amines) is 1. The third-order valence-electron chi connectivity index (χ3n) is 5.84. The SMILES string of the molecule is CN=C(NCC1CC(=O)N(CCc2ccccc2)C1)NCC(C)c1ccccc1OC.I. The van der Waals surface area contributed by atoms with Crippen molar-refractivity contribution in [2.24, 2.45) is 10.9 Å². The molecule has 2 aromatic rings. The summed E-state index contributed by atoms with van der Waals surface area (Å²) in [5.74, 6) is 2.48. The number of carbonyl (C=O) groups excluding carboxylic acids is 1. The van der Waals surface area contributed by atoms with Gasteiger partial charge in [-0.3, -0.25) is 9.79 Å². The van der Waals surface area contributed by atoms with Gasteiger partial charge in [0, 0.05) is 51.5 Å². The number of ether oxygens (including phenoxy) is 1. The van der Waals surface area contributed by atoms with Crippen LogP contribution in [-0.4, -0.2) is 57.1 Å². The van der Waals surface area contributed by atoms with Crippen LogP contribution < -0.4 is 15.4 Å². The topological polar surface area (TPSA) is 66.0 Å². The van der Waals surface area contributed by atoms with Crippen LogP contribution in [0.15, 0.2) is 59.6 Å². The fraction of sp³-hybridized carbons (Fsp3) is 0.440. The van der Waals surface area contributed by atoms with Crippen molar-refractivity contribution in [2.45, 2.75) is 25.7 Å². The van der Waals surface area contributed by atoms with Crippen LogP contribution in [0, 0.1) is 5.92 Å². The van der Waals surface area contributed by atoms with Crippen molar-refractivity contribution in [2.75, 3.05) is 40.3 Å². The van der Waals surface area contributed by atoms with Gasteiger partial charge in [0.05, 0.1) is 7.11 Å². The summed E-state index contributed by atoms with van der Waals surface area (Å²) in [5, 5.41) is 6.79. The molecule has 0 aromatic heterocycles. The van der Waals surface area contributed by atoms with Gasteiger partial charge in [-0.15, -0.1) is 24.0 Å². The largest absolute Gasteiger partial charge is 0.496 e. The highest BCUT2D eigenvalue weighted by atomic mass is 127. The zero-order chi connectivity index (χ0) is 22.1. The van der Waals surface area contributed by atoms with E-state index in [2.05, 4.69) is 40.7 Å². The molecule has 2 aromatic carbocycles. The van der Waals surface area contributed by atoms with Crippen LogP contribution in [0.5, 0.6) is 5.75 Å². The van der Waals surface area contributed by atoms with E-state index in [1.165, 1.54) is 11.1 Å². The number of rotatable bonds is 9. The average Bonchev–Trinajstić information content (AvgIpc) is 3.17. The van der Waals surface area contributed by atoms with E-state index < -0.39 is 0 Å². The molecule has 2 atom stereocenters. The van der Waals surface area contributed by atoms with Crippen molar-refractivity contribution in [3.05, 3.63) is 65.7 Å². The van der Waals surface area contributed by atoms with Gasteiger partial charge in [-0.1, -0.05) is 55.5 Å². The van der Waals surface area contributed by atoms with Gasteiger partial charge in [0.25, 0.3) is 0 Å². The lowest BCUT2D eigenvalue weighted by molar-refractivity contribution is -0.127. The molecule has 32 heavy (non-hydrogen) atoms. The number of para-hydroxylation sites is 1. The van der Waals surface area contributed by atoms with Gasteiger partial charge in [-0.05, 0) is 23.6 Å². The van der Waals surface area contributed by atoms with Crippen molar-refractivity contribution in [3.63, 3.8) is 0 Å². The van der Waals surface area contributed by atoms with Gasteiger partial charge in [-0.25, -0.2) is 0 Å². The molecular formula is C25H35IN4O2. The van der Waals surface area contributed by atoms with Crippen molar-refractivity contribution in [1.82, 2.24) is 15.5 Å². The molecule has 1 fully saturated rings. The van der Waals surface area contributed by atoms with E-state index in [0.29, 0.717) is 12.3 Å². The third-order valence-corrected chi connectivity index (χ3v) is 5.84. The molecule has 0 saturated carbocycles. The monoisotopic (exact) mass is 550 g/mol. The van der Waals surface area contributed by atoms with E-state index in [4.69, 9.17) is 4.74 Å². The number of hydrogen-bond acceptors (Lipinski definition) is 3. The molecule has 1 amide bonds. The first kappa shape index (κ1) is 26.0. The molecule has 174 valence electrons. The lowest BCUT2D eigenvalue weighted by atomic mass is 10.0. The normalized spacial score (nSPS) is 17.0. The van der Waals surface area contributed by atoms with Gasteiger partial charge in [0.15, 0.2) is 5.96 Å². The minimum Gasteiger partial charge on any atom is -0.496 e. The molecule has 0 bridgehead atoms. The Morgan fingerprint density at radius 2 is 1.88 bits per heavy atom. The Labute approximate surface area is 208 Å². The Hall–Kier alpha value is -2.29. The number of halogens is 1. The molecule has 1 saturated heterocycles. The summed E-state index contributed by atoms with van der Waals surface area (Å²) in [4.78, 5) is 18.7. The molecule has 0 aliphatic carbocycles. The molecule has 7 heteroatoms. The van der Waals surface area contributed by atoms with E-state index in [0.717, 1.165) is 44.3 Å². The van der Waals surface area contributed by atoms with Crippen LogP contribution >= 0.6 is 24.0 Å². The number of hydrogen-bond donors (Lipinski definition) is 2. The maximum atomic E-state index is 12.4. The highest BCUT2D eigenvalue weighted by Crippen LogP contribution is 2.25. The number of amides is 1. The summed E-state index contributed by atoms with van der Waals surface area (Å²) in [7, 11) is 3.47. The van der Waals surface area contributed by atoms with Gasteiger partial charge in [-0.2, -0.15) is 0 Å². The highest BCUT2D eigenvalue weighted by molar-refractivity contribution is 14.0. The summed E-state index contributed by atoms with van der Waals surface area (Å²) in [6.45, 7) is 5.22. The number of nitrogens with zero attached hydrogens (tertiary/aromatic N) is 2. The van der Waals surface area contributed by atoms with E-state index in [9.17, 15) is 4.79 Å². The second-order valence-electron chi connectivity index (χ2n) is 8.12. The molecule has 2 unspecified atom stereocenters. The quantitative estimate of drug-likeness (QED) is 0.284. The van der Waals surface area contributed by atoms with Crippen LogP contribution in [0.25, 0.3) is 0 Å². The van der Waals surface area contributed by atoms with E-state index in [1.807, 2.05) is 41.3 Å². The summed E-state index contributed by atoms with van der Waals surface area (Å²) in [6.07, 6.45) is 1.49. The lowest BCUT2D eigenvalue weighted by Crippen LogP contribution is -2.41. The van der Waals surface area contributed by atoms with Crippen LogP contribution in [0.3, 0.4) is 0 Å². The standard InChI is InChI=1S/C25H34N4O2.HI/c1-19(22-11-7-8-12-23(22)31-3)16-27-25(26-2)28-17-21-15-24(30)29(18-21)14-13-20-9-5-4-6-10-20;/h4-12,19,21H,13-18H2,1-3H3,(H2,26,27,28);1H. The van der Waals surface area contributed by atoms with Gasteiger partial charge >= 0.3 is 0 Å². The number of aliphatic imine (C=N–C) groups is 1. The van der Waals surface area contributed by atoms with E-state index in [1.54, 1.807) is 14.2 Å². The number of nitrogens with one attached hydrogen (secondary N) is 2. The highest BCUT2D eigenvalue weighted by Gasteiger charge is 2.29. The predicted molar refractivity (Wildman–Crippen MR) is 141 cm³/mol. The Kier molecular flexibility index (Phi) is 10.8. The van der Waals surface area contributed by atoms with Crippen molar-refractivity contribution >= 4 is 35.8 Å². The summed E-state index contributed by atoms with van der Waals surface area (Å²) < 4.78 is 5.47.